The van der Waals surface area contributed by atoms with Crippen molar-refractivity contribution in [3.8, 4) is 0 Å². The van der Waals surface area contributed by atoms with Crippen LogP contribution < -0.4 is 5.19 Å². The monoisotopic (exact) mass is 752 g/mol. The van der Waals surface area contributed by atoms with Gasteiger partial charge in [-0.3, -0.25) is 0 Å². The van der Waals surface area contributed by atoms with E-state index in [4.69, 9.17) is 22.2 Å². The molecule has 6 heteroatoms. The molecule has 2 bridgehead atoms. The molecule has 0 aliphatic carbocycles. The van der Waals surface area contributed by atoms with Gasteiger partial charge >= 0.3 is 242 Å². The van der Waals surface area contributed by atoms with Crippen molar-refractivity contribution in [2.45, 2.75) is 82.9 Å². The number of allylic oxidation sites excluding steroid dienone is 2. The van der Waals surface area contributed by atoms with Gasteiger partial charge in [0.05, 0.1) is 0 Å². The van der Waals surface area contributed by atoms with Gasteiger partial charge < -0.3 is 0 Å². The third-order valence-electron chi connectivity index (χ3n) is 9.88. The van der Waals surface area contributed by atoms with Crippen LogP contribution in [-0.4, -0.2) is 50.2 Å². The molecule has 3 heterocycles. The Labute approximate surface area is 239 Å². The van der Waals surface area contributed by atoms with E-state index in [1.54, 1.807) is 0 Å². The van der Waals surface area contributed by atoms with Gasteiger partial charge in [0.25, 0.3) is 0 Å². The molecule has 2 aromatic rings. The summed E-state index contributed by atoms with van der Waals surface area (Å²) in [5.41, 5.74) is 3.44. The average Bonchev–Trinajstić information content (AvgIpc) is 2.93. The Morgan fingerprint density at radius 3 is 1.81 bits per heavy atom. The van der Waals surface area contributed by atoms with Crippen LogP contribution in [0.3, 0.4) is 0 Å². The zero-order valence-corrected chi connectivity index (χ0v) is 31.3. The molecule has 0 N–H and O–H groups in total. The molecule has 0 nitrogen and oxygen atoms in total. The van der Waals surface area contributed by atoms with Crippen molar-refractivity contribution in [3.05, 3.63) is 75.3 Å². The van der Waals surface area contributed by atoms with E-state index >= 15 is 0 Å². The zero-order valence-electron chi connectivity index (χ0n) is 23.1. The molecule has 0 saturated carbocycles. The Morgan fingerprint density at radius 1 is 0.778 bits per heavy atom. The molecule has 5 rings (SSSR count). The Kier molecular flexibility index (Phi) is 8.01. The van der Waals surface area contributed by atoms with Gasteiger partial charge in [-0.1, -0.05) is 0 Å². The van der Waals surface area contributed by atoms with Gasteiger partial charge in [-0.15, -0.1) is 0 Å². The Bertz CT molecular complexity index is 1110. The van der Waals surface area contributed by atoms with Crippen LogP contribution in [0, 0.1) is 5.92 Å². The summed E-state index contributed by atoms with van der Waals surface area (Å²) in [4.78, 5) is 16.1. The van der Waals surface area contributed by atoms with Crippen molar-refractivity contribution < 1.29 is 0 Å². The molecular weight excluding hydrogens is 708 g/mol. The van der Waals surface area contributed by atoms with E-state index in [9.17, 15) is 0 Å². The van der Waals surface area contributed by atoms with Crippen LogP contribution in [-0.2, 0) is 0 Å². The molecule has 0 amide bonds. The summed E-state index contributed by atoms with van der Waals surface area (Å²) in [6.45, 7) is -2.37. The molecule has 2 aromatic carbocycles. The van der Waals surface area contributed by atoms with Gasteiger partial charge in [0, 0.05) is 0 Å². The first-order chi connectivity index (χ1) is 16.9. The SMILES string of the molecule is [CH3][Sn]([CH3])([CH3])[C]1=C2B(C3CCCC2CCC3)[C@@]([Si](Cl)(Cl)c2ccccc2)([Sn]([CH3])([CH3])[CH3])[C@@H]1c1ccccc1. The summed E-state index contributed by atoms with van der Waals surface area (Å²) in [5.74, 6) is 1.91. The van der Waals surface area contributed by atoms with Crippen molar-refractivity contribution >= 4 is 77.5 Å². The van der Waals surface area contributed by atoms with Crippen LogP contribution in [0.2, 0.25) is 38.4 Å². The molecule has 3 aliphatic heterocycles. The minimum atomic E-state index is -2.96. The standard InChI is InChI=1S/C24H25BCl2Si.6CH3.2Sn/c26-28(27,21-15-5-2-6-16-21)24-22(18-9-3-1-4-10-18)17-23-19-11-7-13-20(25(23)24)14-8-12-19;;;;;;;;/h1-6,9-10,15-16,19-20,22H,7-8,11-14H2;6*1H3;;/t19?,20?,22-;;;;;;;;/m0......../s1. The van der Waals surface area contributed by atoms with Crippen LogP contribution in [0.5, 0.6) is 0 Å². The number of hydrogen-bond donors (Lipinski definition) is 0. The first kappa shape index (κ1) is 28.2. The van der Waals surface area contributed by atoms with Crippen molar-refractivity contribution in [1.29, 1.82) is 0 Å². The average molecular weight is 751 g/mol. The molecule has 0 unspecified atom stereocenters. The first-order valence-electron chi connectivity index (χ1n) is 14.1. The molecular formula is C30H43BCl2SiSn2. The molecule has 2 fully saturated rings. The maximum absolute atomic E-state index is 8.19. The van der Waals surface area contributed by atoms with Crippen molar-refractivity contribution in [3.63, 3.8) is 0 Å². The van der Waals surface area contributed by atoms with Crippen LogP contribution in [0.25, 0.3) is 0 Å². The van der Waals surface area contributed by atoms with Crippen LogP contribution in [0.4, 0.5) is 0 Å². The van der Waals surface area contributed by atoms with Gasteiger partial charge in [0.15, 0.2) is 0 Å². The normalized spacial score (nSPS) is 29.2. The fourth-order valence-electron chi connectivity index (χ4n) is 8.85. The van der Waals surface area contributed by atoms with E-state index in [1.165, 1.54) is 49.3 Å². The van der Waals surface area contributed by atoms with Crippen LogP contribution in [0.15, 0.2) is 69.7 Å². The molecule has 3 aliphatic rings. The molecule has 0 radical (unpaired) electrons. The Hall–Kier alpha value is 0.639. The predicted octanol–water partition coefficient (Wildman–Crippen LogP) is 9.33. The molecule has 192 valence electrons. The van der Waals surface area contributed by atoms with Gasteiger partial charge in [-0.25, -0.2) is 0 Å². The van der Waals surface area contributed by atoms with Gasteiger partial charge in [-0.2, -0.15) is 0 Å². The topological polar surface area (TPSA) is 0 Å². The van der Waals surface area contributed by atoms with Crippen molar-refractivity contribution in [1.82, 2.24) is 0 Å². The van der Waals surface area contributed by atoms with Gasteiger partial charge in [0.1, 0.15) is 0 Å². The van der Waals surface area contributed by atoms with E-state index in [1.807, 2.05) is 9.06 Å². The molecule has 0 aromatic heterocycles. The summed E-state index contributed by atoms with van der Waals surface area (Å²) in [5, 5.41) is 1.25. The first-order valence-corrected chi connectivity index (χ1v) is 38.2. The molecule has 36 heavy (non-hydrogen) atoms. The van der Waals surface area contributed by atoms with E-state index in [-0.39, 0.29) is 2.95 Å². The number of rotatable bonds is 5. The molecule has 2 saturated heterocycles. The zero-order chi connectivity index (χ0) is 25.9. The fraction of sp³-hybridized carbons (Fsp3) is 0.533. The van der Waals surface area contributed by atoms with Crippen molar-refractivity contribution in [2.24, 2.45) is 5.92 Å². The Morgan fingerprint density at radius 2 is 1.31 bits per heavy atom. The quantitative estimate of drug-likeness (QED) is 0.211. The minimum absolute atomic E-state index is 0.0139. The summed E-state index contributed by atoms with van der Waals surface area (Å²) >= 11 is 10.8. The second kappa shape index (κ2) is 10.2. The van der Waals surface area contributed by atoms with E-state index in [0.717, 1.165) is 11.7 Å². The van der Waals surface area contributed by atoms with Crippen LogP contribution in [0.1, 0.15) is 50.0 Å². The van der Waals surface area contributed by atoms with E-state index in [2.05, 4.69) is 90.3 Å². The van der Waals surface area contributed by atoms with E-state index < -0.39 is 43.4 Å². The van der Waals surface area contributed by atoms with E-state index in [0.29, 0.717) is 12.6 Å². The van der Waals surface area contributed by atoms with Crippen molar-refractivity contribution in [2.75, 3.05) is 0 Å². The summed E-state index contributed by atoms with van der Waals surface area (Å²) in [7, 11) is 0. The third-order valence-corrected chi connectivity index (χ3v) is 41.8. The second-order valence-electron chi connectivity index (χ2n) is 13.8. The Balaban J connectivity index is 1.95. The maximum atomic E-state index is 8.19. The fourth-order valence-corrected chi connectivity index (χ4v) is 51.0. The predicted molar refractivity (Wildman–Crippen MR) is 170 cm³/mol. The molecule has 0 spiro atoms. The number of benzene rings is 2. The number of halogens is 2. The summed E-state index contributed by atoms with van der Waals surface area (Å²) < 4.78 is 1.94. The third kappa shape index (κ3) is 4.38. The van der Waals surface area contributed by atoms with Crippen LogP contribution >= 0.6 is 22.2 Å². The van der Waals surface area contributed by atoms with Gasteiger partial charge in [-0.05, 0) is 0 Å². The second-order valence-corrected chi connectivity index (χ2v) is 51.4. The van der Waals surface area contributed by atoms with Gasteiger partial charge in [0.2, 0.25) is 0 Å². The summed E-state index contributed by atoms with van der Waals surface area (Å²) in [6.07, 6.45) is 8.29. The number of hydrogen-bond acceptors (Lipinski definition) is 0. The summed E-state index contributed by atoms with van der Waals surface area (Å²) in [6, 6.07) is 22.6. The molecule has 2 atom stereocenters.